The zero-order valence-electron chi connectivity index (χ0n) is 11.0. The zero-order valence-corrected chi connectivity index (χ0v) is 13.4. The Morgan fingerprint density at radius 3 is 2.80 bits per heavy atom. The molecule has 0 aromatic carbocycles. The lowest BCUT2D eigenvalue weighted by molar-refractivity contribution is -0.139. The molecule has 4 nitrogen and oxygen atoms in total. The first kappa shape index (κ1) is 15.8. The SMILES string of the molecule is CC1COCCN1C(=O)CCC(=O)c1cc(Cl)sc1Cl. The average Bonchev–Trinajstić information content (AvgIpc) is 2.75. The predicted octanol–water partition coefficient (Wildman–Crippen LogP) is 3.27. The summed E-state index contributed by atoms with van der Waals surface area (Å²) in [6.45, 7) is 3.62. The first-order chi connectivity index (χ1) is 9.49. The van der Waals surface area contributed by atoms with Crippen LogP contribution in [0.2, 0.25) is 8.67 Å². The van der Waals surface area contributed by atoms with Gasteiger partial charge in [-0.15, -0.1) is 11.3 Å². The van der Waals surface area contributed by atoms with Crippen molar-refractivity contribution in [3.63, 3.8) is 0 Å². The summed E-state index contributed by atoms with van der Waals surface area (Å²) in [5.41, 5.74) is 0.407. The molecule has 1 aliphatic heterocycles. The molecule has 1 amide bonds. The molecule has 20 heavy (non-hydrogen) atoms. The number of Topliss-reactive ketones (excluding diaryl/α,β-unsaturated/α-hetero) is 1. The molecule has 1 unspecified atom stereocenters. The second-order valence-electron chi connectivity index (χ2n) is 4.67. The highest BCUT2D eigenvalue weighted by molar-refractivity contribution is 7.20. The number of hydrogen-bond acceptors (Lipinski definition) is 4. The minimum Gasteiger partial charge on any atom is -0.377 e. The normalized spacial score (nSPS) is 19.1. The van der Waals surface area contributed by atoms with E-state index in [1.54, 1.807) is 11.0 Å². The van der Waals surface area contributed by atoms with Gasteiger partial charge >= 0.3 is 0 Å². The van der Waals surface area contributed by atoms with Crippen LogP contribution in [0, 0.1) is 0 Å². The van der Waals surface area contributed by atoms with Crippen molar-refractivity contribution in [3.8, 4) is 0 Å². The summed E-state index contributed by atoms with van der Waals surface area (Å²) in [7, 11) is 0. The molecule has 0 spiro atoms. The number of hydrogen-bond donors (Lipinski definition) is 0. The summed E-state index contributed by atoms with van der Waals surface area (Å²) < 4.78 is 6.14. The molecule has 0 N–H and O–H groups in total. The third kappa shape index (κ3) is 3.73. The van der Waals surface area contributed by atoms with Gasteiger partial charge in [0.05, 0.1) is 23.6 Å². The van der Waals surface area contributed by atoms with E-state index in [1.165, 1.54) is 0 Å². The molecule has 1 aromatic heterocycles. The van der Waals surface area contributed by atoms with E-state index >= 15 is 0 Å². The first-order valence-electron chi connectivity index (χ1n) is 6.34. The minimum atomic E-state index is -0.146. The van der Waals surface area contributed by atoms with Crippen molar-refractivity contribution in [2.45, 2.75) is 25.8 Å². The van der Waals surface area contributed by atoms with Gasteiger partial charge in [-0.2, -0.15) is 0 Å². The second kappa shape index (κ2) is 6.89. The van der Waals surface area contributed by atoms with Crippen molar-refractivity contribution < 1.29 is 14.3 Å². The molecule has 0 bridgehead atoms. The van der Waals surface area contributed by atoms with Crippen molar-refractivity contribution in [2.75, 3.05) is 19.8 Å². The van der Waals surface area contributed by atoms with Gasteiger partial charge in [-0.05, 0) is 13.0 Å². The molecule has 1 aliphatic rings. The second-order valence-corrected chi connectivity index (χ2v) is 6.96. The van der Waals surface area contributed by atoms with E-state index in [4.69, 9.17) is 27.9 Å². The standard InChI is InChI=1S/C13H15Cl2NO3S/c1-8-7-19-5-4-16(8)12(18)3-2-10(17)9-6-11(14)20-13(9)15/h6,8H,2-5,7H2,1H3. The van der Waals surface area contributed by atoms with Gasteiger partial charge in [0.15, 0.2) is 5.78 Å². The van der Waals surface area contributed by atoms with Gasteiger partial charge in [-0.25, -0.2) is 0 Å². The smallest absolute Gasteiger partial charge is 0.223 e. The molecule has 1 saturated heterocycles. The highest BCUT2D eigenvalue weighted by atomic mass is 35.5. The Balaban J connectivity index is 1.90. The summed E-state index contributed by atoms with van der Waals surface area (Å²) in [5.74, 6) is -0.168. The van der Waals surface area contributed by atoms with E-state index in [1.807, 2.05) is 6.92 Å². The first-order valence-corrected chi connectivity index (χ1v) is 7.91. The number of rotatable bonds is 4. The number of morpholine rings is 1. The molecular weight excluding hydrogens is 321 g/mol. The number of nitrogens with zero attached hydrogens (tertiary/aromatic N) is 1. The van der Waals surface area contributed by atoms with Gasteiger partial charge < -0.3 is 9.64 Å². The third-order valence-electron chi connectivity index (χ3n) is 3.21. The lowest BCUT2D eigenvalue weighted by Crippen LogP contribution is -2.47. The quantitative estimate of drug-likeness (QED) is 0.793. The molecule has 0 aliphatic carbocycles. The van der Waals surface area contributed by atoms with Gasteiger partial charge in [-0.3, -0.25) is 9.59 Å². The number of amides is 1. The van der Waals surface area contributed by atoms with Crippen LogP contribution >= 0.6 is 34.5 Å². The van der Waals surface area contributed by atoms with Crippen molar-refractivity contribution >= 4 is 46.2 Å². The summed E-state index contributed by atoms with van der Waals surface area (Å²) in [4.78, 5) is 25.9. The van der Waals surface area contributed by atoms with Crippen LogP contribution in [0.25, 0.3) is 0 Å². The Labute approximate surface area is 131 Å². The maximum absolute atomic E-state index is 12.1. The highest BCUT2D eigenvalue weighted by Gasteiger charge is 2.24. The van der Waals surface area contributed by atoms with Crippen molar-refractivity contribution in [1.82, 2.24) is 4.90 Å². The summed E-state index contributed by atoms with van der Waals surface area (Å²) in [6.07, 6.45) is 0.336. The van der Waals surface area contributed by atoms with Gasteiger partial charge in [0.1, 0.15) is 4.34 Å². The lowest BCUT2D eigenvalue weighted by Gasteiger charge is -2.33. The molecule has 1 aromatic rings. The summed E-state index contributed by atoms with van der Waals surface area (Å²) in [6, 6.07) is 1.61. The Morgan fingerprint density at radius 2 is 2.20 bits per heavy atom. The molecule has 1 atom stereocenters. The number of ketones is 1. The summed E-state index contributed by atoms with van der Waals surface area (Å²) in [5, 5.41) is 0. The molecule has 0 radical (unpaired) electrons. The van der Waals surface area contributed by atoms with Crippen LogP contribution in [0.4, 0.5) is 0 Å². The maximum atomic E-state index is 12.1. The van der Waals surface area contributed by atoms with Crippen molar-refractivity contribution in [1.29, 1.82) is 0 Å². The number of carbonyl (C=O) groups is 2. The van der Waals surface area contributed by atoms with E-state index in [0.717, 1.165) is 11.3 Å². The van der Waals surface area contributed by atoms with Crippen LogP contribution in [-0.4, -0.2) is 42.4 Å². The Kier molecular flexibility index (Phi) is 5.43. The number of thiophene rings is 1. The zero-order chi connectivity index (χ0) is 14.7. The summed E-state index contributed by atoms with van der Waals surface area (Å²) >= 11 is 12.9. The van der Waals surface area contributed by atoms with E-state index in [2.05, 4.69) is 0 Å². The van der Waals surface area contributed by atoms with Crippen LogP contribution in [0.5, 0.6) is 0 Å². The molecule has 110 valence electrons. The number of halogens is 2. The minimum absolute atomic E-state index is 0.0217. The maximum Gasteiger partial charge on any atom is 0.223 e. The van der Waals surface area contributed by atoms with E-state index < -0.39 is 0 Å². The van der Waals surface area contributed by atoms with Gasteiger partial charge in [-0.1, -0.05) is 23.2 Å². The largest absolute Gasteiger partial charge is 0.377 e. The monoisotopic (exact) mass is 335 g/mol. The Hall–Kier alpha value is -0.620. The molecule has 7 heteroatoms. The Morgan fingerprint density at radius 1 is 1.45 bits per heavy atom. The van der Waals surface area contributed by atoms with Crippen LogP contribution in [0.15, 0.2) is 6.07 Å². The molecule has 2 heterocycles. The van der Waals surface area contributed by atoms with Crippen LogP contribution < -0.4 is 0 Å². The fourth-order valence-corrected chi connectivity index (χ4v) is 3.63. The van der Waals surface area contributed by atoms with Crippen molar-refractivity contribution in [3.05, 3.63) is 20.3 Å². The van der Waals surface area contributed by atoms with Gasteiger partial charge in [0, 0.05) is 24.9 Å². The molecule has 1 fully saturated rings. The van der Waals surface area contributed by atoms with Crippen LogP contribution in [-0.2, 0) is 9.53 Å². The molecular formula is C13H15Cl2NO3S. The molecule has 2 rings (SSSR count). The number of ether oxygens (including phenoxy) is 1. The van der Waals surface area contributed by atoms with Crippen LogP contribution in [0.1, 0.15) is 30.1 Å². The third-order valence-corrected chi connectivity index (χ3v) is 4.70. The Bertz CT molecular complexity index is 518. The van der Waals surface area contributed by atoms with E-state index in [0.29, 0.717) is 34.0 Å². The molecule has 0 saturated carbocycles. The number of carbonyl (C=O) groups excluding carboxylic acids is 2. The highest BCUT2D eigenvalue weighted by Crippen LogP contribution is 2.32. The van der Waals surface area contributed by atoms with Gasteiger partial charge in [0.2, 0.25) is 5.91 Å². The lowest BCUT2D eigenvalue weighted by atomic mass is 10.1. The fraction of sp³-hybridized carbons (Fsp3) is 0.538. The van der Waals surface area contributed by atoms with E-state index in [9.17, 15) is 9.59 Å². The fourth-order valence-electron chi connectivity index (χ4n) is 2.13. The van der Waals surface area contributed by atoms with E-state index in [-0.39, 0.29) is 30.6 Å². The topological polar surface area (TPSA) is 46.6 Å². The predicted molar refractivity (Wildman–Crippen MR) is 79.9 cm³/mol. The van der Waals surface area contributed by atoms with Crippen LogP contribution in [0.3, 0.4) is 0 Å². The average molecular weight is 336 g/mol. The van der Waals surface area contributed by atoms with Crippen molar-refractivity contribution in [2.24, 2.45) is 0 Å². The van der Waals surface area contributed by atoms with Gasteiger partial charge in [0.25, 0.3) is 0 Å².